The van der Waals surface area contributed by atoms with Crippen LogP contribution in [0.2, 0.25) is 5.15 Å². The molecular weight excluding hydrogens is 226 g/mol. The zero-order chi connectivity index (χ0) is 12.1. The number of carbonyl (C=O) groups excluding carboxylic acids is 1. The quantitative estimate of drug-likeness (QED) is 0.822. The first-order valence-corrected chi connectivity index (χ1v) is 5.68. The van der Waals surface area contributed by atoms with Crippen molar-refractivity contribution in [2.45, 2.75) is 20.3 Å². The zero-order valence-corrected chi connectivity index (χ0v) is 10.3. The van der Waals surface area contributed by atoms with Gasteiger partial charge in [-0.3, -0.25) is 4.79 Å². The van der Waals surface area contributed by atoms with Crippen LogP contribution in [0.3, 0.4) is 0 Å². The van der Waals surface area contributed by atoms with E-state index in [-0.39, 0.29) is 16.9 Å². The van der Waals surface area contributed by atoms with Gasteiger partial charge in [-0.15, -0.1) is 0 Å². The monoisotopic (exact) mass is 241 g/mol. The zero-order valence-electron chi connectivity index (χ0n) is 9.53. The molecule has 0 aliphatic heterocycles. The first-order valence-electron chi connectivity index (χ1n) is 5.30. The van der Waals surface area contributed by atoms with E-state index >= 15 is 0 Å². The van der Waals surface area contributed by atoms with Crippen LogP contribution in [0.4, 0.5) is 5.82 Å². The summed E-state index contributed by atoms with van der Waals surface area (Å²) in [6, 6.07) is 3.09. The molecule has 5 heteroatoms. The van der Waals surface area contributed by atoms with E-state index in [1.54, 1.807) is 17.0 Å². The molecule has 1 heterocycles. The number of anilines is 1. The van der Waals surface area contributed by atoms with Gasteiger partial charge in [0, 0.05) is 18.7 Å². The summed E-state index contributed by atoms with van der Waals surface area (Å²) in [7, 11) is 0. The fourth-order valence-corrected chi connectivity index (χ4v) is 1.71. The molecule has 0 radical (unpaired) electrons. The van der Waals surface area contributed by atoms with Crippen molar-refractivity contribution >= 4 is 23.3 Å². The second-order valence-electron chi connectivity index (χ2n) is 3.49. The van der Waals surface area contributed by atoms with Crippen LogP contribution in [0.25, 0.3) is 0 Å². The number of hydrogen-bond donors (Lipinski definition) is 1. The van der Waals surface area contributed by atoms with E-state index in [0.717, 1.165) is 13.0 Å². The Balaban J connectivity index is 2.94. The van der Waals surface area contributed by atoms with Crippen LogP contribution in [-0.2, 0) is 0 Å². The summed E-state index contributed by atoms with van der Waals surface area (Å²) >= 11 is 5.76. The minimum Gasteiger partial charge on any atom is -0.384 e. The molecule has 0 spiro atoms. The maximum Gasteiger partial charge on any atom is 0.254 e. The molecule has 88 valence electrons. The van der Waals surface area contributed by atoms with E-state index < -0.39 is 0 Å². The Morgan fingerprint density at radius 2 is 2.19 bits per heavy atom. The van der Waals surface area contributed by atoms with Gasteiger partial charge in [0.25, 0.3) is 5.91 Å². The minimum atomic E-state index is -0.0552. The lowest BCUT2D eigenvalue weighted by atomic mass is 10.2. The molecule has 0 aromatic carbocycles. The molecule has 0 atom stereocenters. The van der Waals surface area contributed by atoms with E-state index in [0.29, 0.717) is 12.1 Å². The van der Waals surface area contributed by atoms with Gasteiger partial charge in [0.15, 0.2) is 0 Å². The maximum absolute atomic E-state index is 12.1. The molecule has 16 heavy (non-hydrogen) atoms. The molecule has 4 nitrogen and oxygen atoms in total. The molecule has 0 aliphatic rings. The highest BCUT2D eigenvalue weighted by Crippen LogP contribution is 2.14. The molecule has 1 aromatic rings. The Hall–Kier alpha value is -1.29. The molecular formula is C11H16ClN3O. The molecule has 0 saturated heterocycles. The molecule has 1 rings (SSSR count). The van der Waals surface area contributed by atoms with Gasteiger partial charge in [-0.25, -0.2) is 4.98 Å². The van der Waals surface area contributed by atoms with E-state index in [1.807, 2.05) is 13.8 Å². The van der Waals surface area contributed by atoms with Crippen LogP contribution in [0.15, 0.2) is 12.1 Å². The molecule has 0 unspecified atom stereocenters. The Bertz CT molecular complexity index is 361. The molecule has 0 bridgehead atoms. The third kappa shape index (κ3) is 3.10. The number of halogens is 1. The molecule has 1 aromatic heterocycles. The standard InChI is InChI=1S/C11H16ClN3O/c1-3-5-15(4-2)11(16)8-6-9(12)14-10(13)7-8/h6-7H,3-5H2,1-2H3,(H2,13,14). The van der Waals surface area contributed by atoms with Crippen molar-refractivity contribution in [3.8, 4) is 0 Å². The molecule has 2 N–H and O–H groups in total. The number of nitrogens with zero attached hydrogens (tertiary/aromatic N) is 2. The summed E-state index contributed by atoms with van der Waals surface area (Å²) in [6.07, 6.45) is 0.924. The predicted molar refractivity (Wildman–Crippen MR) is 65.5 cm³/mol. The summed E-state index contributed by atoms with van der Waals surface area (Å²) < 4.78 is 0. The van der Waals surface area contributed by atoms with Gasteiger partial charge >= 0.3 is 0 Å². The normalized spacial score (nSPS) is 10.2. The second-order valence-corrected chi connectivity index (χ2v) is 3.88. The van der Waals surface area contributed by atoms with E-state index in [1.165, 1.54) is 0 Å². The molecule has 0 saturated carbocycles. The highest BCUT2D eigenvalue weighted by Gasteiger charge is 2.14. The van der Waals surface area contributed by atoms with Crippen molar-refractivity contribution in [3.05, 3.63) is 22.8 Å². The van der Waals surface area contributed by atoms with Crippen molar-refractivity contribution in [2.75, 3.05) is 18.8 Å². The van der Waals surface area contributed by atoms with Crippen molar-refractivity contribution in [2.24, 2.45) is 0 Å². The number of hydrogen-bond acceptors (Lipinski definition) is 3. The van der Waals surface area contributed by atoms with Crippen molar-refractivity contribution < 1.29 is 4.79 Å². The van der Waals surface area contributed by atoms with Gasteiger partial charge < -0.3 is 10.6 Å². The Morgan fingerprint density at radius 1 is 1.50 bits per heavy atom. The average molecular weight is 242 g/mol. The summed E-state index contributed by atoms with van der Waals surface area (Å²) in [5.74, 6) is 0.212. The molecule has 0 aliphatic carbocycles. The highest BCUT2D eigenvalue weighted by molar-refractivity contribution is 6.29. The minimum absolute atomic E-state index is 0.0552. The van der Waals surface area contributed by atoms with Crippen LogP contribution in [0.1, 0.15) is 30.6 Å². The number of amides is 1. The highest BCUT2D eigenvalue weighted by atomic mass is 35.5. The van der Waals surface area contributed by atoms with Gasteiger partial charge in [-0.05, 0) is 25.5 Å². The number of carbonyl (C=O) groups is 1. The van der Waals surface area contributed by atoms with Crippen molar-refractivity contribution in [1.82, 2.24) is 9.88 Å². The molecule has 1 amide bonds. The largest absolute Gasteiger partial charge is 0.384 e. The van der Waals surface area contributed by atoms with Gasteiger partial charge in [-0.2, -0.15) is 0 Å². The first-order chi connectivity index (χ1) is 7.58. The SMILES string of the molecule is CCCN(CC)C(=O)c1cc(N)nc(Cl)c1. The lowest BCUT2D eigenvalue weighted by molar-refractivity contribution is 0.0764. The van der Waals surface area contributed by atoms with Crippen LogP contribution in [0, 0.1) is 0 Å². The Labute approximate surface area is 100 Å². The summed E-state index contributed by atoms with van der Waals surface area (Å²) in [4.78, 5) is 17.6. The summed E-state index contributed by atoms with van der Waals surface area (Å²) in [5, 5.41) is 0.246. The number of nitrogens with two attached hydrogens (primary N) is 1. The Morgan fingerprint density at radius 3 is 2.69 bits per heavy atom. The predicted octanol–water partition coefficient (Wildman–Crippen LogP) is 2.19. The van der Waals surface area contributed by atoms with E-state index in [9.17, 15) is 4.79 Å². The van der Waals surface area contributed by atoms with Crippen LogP contribution >= 0.6 is 11.6 Å². The maximum atomic E-state index is 12.1. The fourth-order valence-electron chi connectivity index (χ4n) is 1.50. The van der Waals surface area contributed by atoms with Gasteiger partial charge in [0.05, 0.1) is 0 Å². The third-order valence-corrected chi connectivity index (χ3v) is 2.42. The number of aromatic nitrogens is 1. The van der Waals surface area contributed by atoms with Crippen molar-refractivity contribution in [1.29, 1.82) is 0 Å². The van der Waals surface area contributed by atoms with Gasteiger partial charge in [-0.1, -0.05) is 18.5 Å². The van der Waals surface area contributed by atoms with Crippen LogP contribution in [0.5, 0.6) is 0 Å². The lowest BCUT2D eigenvalue weighted by Gasteiger charge is -2.20. The lowest BCUT2D eigenvalue weighted by Crippen LogP contribution is -2.31. The van der Waals surface area contributed by atoms with E-state index in [4.69, 9.17) is 17.3 Å². The fraction of sp³-hybridized carbons (Fsp3) is 0.455. The number of pyridine rings is 1. The number of rotatable bonds is 4. The van der Waals surface area contributed by atoms with Crippen LogP contribution in [-0.4, -0.2) is 28.9 Å². The first kappa shape index (κ1) is 12.8. The Kier molecular flexibility index (Phi) is 4.55. The van der Waals surface area contributed by atoms with Gasteiger partial charge in [0.2, 0.25) is 0 Å². The number of nitrogen functional groups attached to an aromatic ring is 1. The van der Waals surface area contributed by atoms with Crippen molar-refractivity contribution in [3.63, 3.8) is 0 Å². The summed E-state index contributed by atoms with van der Waals surface area (Å²) in [5.41, 5.74) is 6.04. The van der Waals surface area contributed by atoms with Crippen LogP contribution < -0.4 is 5.73 Å². The molecule has 0 fully saturated rings. The average Bonchev–Trinajstić information content (AvgIpc) is 2.23. The topological polar surface area (TPSA) is 59.2 Å². The van der Waals surface area contributed by atoms with Gasteiger partial charge in [0.1, 0.15) is 11.0 Å². The second kappa shape index (κ2) is 5.70. The third-order valence-electron chi connectivity index (χ3n) is 2.22. The smallest absolute Gasteiger partial charge is 0.254 e. The van der Waals surface area contributed by atoms with E-state index in [2.05, 4.69) is 4.98 Å². The summed E-state index contributed by atoms with van der Waals surface area (Å²) in [6.45, 7) is 5.38.